The highest BCUT2D eigenvalue weighted by atomic mass is 35.5. The molecule has 34 heavy (non-hydrogen) atoms. The van der Waals surface area contributed by atoms with Gasteiger partial charge in [-0.05, 0) is 56.5 Å². The maximum atomic E-state index is 12.8. The zero-order valence-electron chi connectivity index (χ0n) is 21.0. The lowest BCUT2D eigenvalue weighted by molar-refractivity contribution is 0.0980. The molecule has 1 unspecified atom stereocenters. The van der Waals surface area contributed by atoms with E-state index in [4.69, 9.17) is 18.9 Å². The highest BCUT2D eigenvalue weighted by Gasteiger charge is 2.18. The molecular weight excluding hydrogens is 458 g/mol. The fraction of sp³-hybridized carbons (Fsp3) is 0.500. The number of aliphatic hydroxyl groups is 1. The predicted molar refractivity (Wildman–Crippen MR) is 136 cm³/mol. The highest BCUT2D eigenvalue weighted by molar-refractivity contribution is 5.97. The van der Waals surface area contributed by atoms with Gasteiger partial charge in [0, 0.05) is 24.1 Å². The quantitative estimate of drug-likeness (QED) is 0.374. The molecule has 0 radical (unpaired) electrons. The third-order valence-corrected chi connectivity index (χ3v) is 5.67. The molecule has 0 aliphatic rings. The van der Waals surface area contributed by atoms with Crippen LogP contribution < -0.4 is 24.3 Å². The van der Waals surface area contributed by atoms with Gasteiger partial charge in [-0.15, -0.1) is 12.4 Å². The van der Waals surface area contributed by atoms with Crippen molar-refractivity contribution in [2.45, 2.75) is 51.7 Å². The summed E-state index contributed by atoms with van der Waals surface area (Å²) in [4.78, 5) is 12.8. The first kappa shape index (κ1) is 29.6. The smallest absolute Gasteiger partial charge is 0.203 e. The van der Waals surface area contributed by atoms with E-state index in [9.17, 15) is 9.90 Å². The van der Waals surface area contributed by atoms with Crippen LogP contribution in [0.5, 0.6) is 23.0 Å². The van der Waals surface area contributed by atoms with E-state index in [-0.39, 0.29) is 30.3 Å². The SMILES string of the molecule is CCC(C)(C)NCC(O)COc1cccc(CCC(=O)c2cc(OC)c(OC)c(OC)c2)c1.Cl. The maximum Gasteiger partial charge on any atom is 0.203 e. The minimum atomic E-state index is -0.610. The van der Waals surface area contributed by atoms with Crippen molar-refractivity contribution in [3.8, 4) is 23.0 Å². The Morgan fingerprint density at radius 3 is 2.26 bits per heavy atom. The molecule has 0 bridgehead atoms. The summed E-state index contributed by atoms with van der Waals surface area (Å²) in [6.07, 6.45) is 1.24. The molecule has 0 saturated carbocycles. The molecule has 2 rings (SSSR count). The molecule has 2 aromatic carbocycles. The second kappa shape index (κ2) is 14.0. The van der Waals surface area contributed by atoms with Gasteiger partial charge in [-0.3, -0.25) is 4.79 Å². The Hall–Kier alpha value is -2.48. The lowest BCUT2D eigenvalue weighted by Crippen LogP contribution is -2.44. The molecule has 0 aromatic heterocycles. The van der Waals surface area contributed by atoms with Crippen LogP contribution in [0.25, 0.3) is 0 Å². The number of carbonyl (C=O) groups excluding carboxylic acids is 1. The van der Waals surface area contributed by atoms with E-state index >= 15 is 0 Å². The molecule has 8 heteroatoms. The number of aliphatic hydroxyl groups excluding tert-OH is 1. The van der Waals surface area contributed by atoms with Crippen LogP contribution in [-0.4, -0.2) is 57.0 Å². The zero-order chi connectivity index (χ0) is 24.4. The van der Waals surface area contributed by atoms with Crippen molar-refractivity contribution in [2.75, 3.05) is 34.5 Å². The number of β-amino-alcohol motifs (C(OH)–C–C–N with tert-alkyl or cyclic N) is 1. The van der Waals surface area contributed by atoms with Gasteiger partial charge in [0.25, 0.3) is 0 Å². The minimum absolute atomic E-state index is 0. The number of halogens is 1. The van der Waals surface area contributed by atoms with Gasteiger partial charge in [0.05, 0.1) is 21.3 Å². The van der Waals surface area contributed by atoms with E-state index in [1.807, 2.05) is 24.3 Å². The molecular formula is C26H38ClNO6. The van der Waals surface area contributed by atoms with Gasteiger partial charge in [0.1, 0.15) is 18.5 Å². The summed E-state index contributed by atoms with van der Waals surface area (Å²) in [5, 5.41) is 13.5. The predicted octanol–water partition coefficient (Wildman–Crippen LogP) is 4.47. The number of methoxy groups -OCH3 is 3. The molecule has 0 heterocycles. The van der Waals surface area contributed by atoms with Gasteiger partial charge in [-0.25, -0.2) is 0 Å². The molecule has 7 nitrogen and oxygen atoms in total. The number of aryl methyl sites for hydroxylation is 1. The number of benzene rings is 2. The third-order valence-electron chi connectivity index (χ3n) is 5.67. The number of nitrogens with one attached hydrogen (secondary N) is 1. The standard InChI is InChI=1S/C26H37NO6.ClH/c1-7-26(2,3)27-16-20(28)17-33-21-10-8-9-18(13-21)11-12-22(29)19-14-23(30-4)25(32-6)24(15-19)31-5;/h8-10,13-15,20,27-28H,7,11-12,16-17H2,1-6H3;1H. The fourth-order valence-electron chi connectivity index (χ4n) is 3.21. The first-order chi connectivity index (χ1) is 15.7. The average Bonchev–Trinajstić information content (AvgIpc) is 2.83. The van der Waals surface area contributed by atoms with Crippen LogP contribution in [0.1, 0.15) is 49.5 Å². The van der Waals surface area contributed by atoms with Crippen LogP contribution in [0.3, 0.4) is 0 Å². The van der Waals surface area contributed by atoms with Crippen molar-refractivity contribution in [2.24, 2.45) is 0 Å². The number of ketones is 1. The van der Waals surface area contributed by atoms with Gasteiger partial charge in [0.2, 0.25) is 5.75 Å². The highest BCUT2D eigenvalue weighted by Crippen LogP contribution is 2.38. The summed E-state index contributed by atoms with van der Waals surface area (Å²) in [5.41, 5.74) is 1.46. The monoisotopic (exact) mass is 495 g/mol. The minimum Gasteiger partial charge on any atom is -0.493 e. The molecule has 0 spiro atoms. The van der Waals surface area contributed by atoms with Crippen LogP contribution in [-0.2, 0) is 6.42 Å². The molecule has 2 N–H and O–H groups in total. The number of Topliss-reactive ketones (excluding diaryl/α,β-unsaturated/α-hetero) is 1. The Kier molecular flexibility index (Phi) is 12.2. The van der Waals surface area contributed by atoms with Crippen molar-refractivity contribution in [1.29, 1.82) is 0 Å². The molecule has 2 aromatic rings. The van der Waals surface area contributed by atoms with Gasteiger partial charge in [-0.1, -0.05) is 19.1 Å². The van der Waals surface area contributed by atoms with Crippen molar-refractivity contribution < 1.29 is 28.8 Å². The van der Waals surface area contributed by atoms with Crippen LogP contribution in [0.4, 0.5) is 0 Å². The summed E-state index contributed by atoms with van der Waals surface area (Å²) < 4.78 is 21.8. The molecule has 0 amide bonds. The number of rotatable bonds is 14. The van der Waals surface area contributed by atoms with Crippen molar-refractivity contribution in [1.82, 2.24) is 5.32 Å². The number of hydrogen-bond acceptors (Lipinski definition) is 7. The normalized spacial score (nSPS) is 11.9. The van der Waals surface area contributed by atoms with Gasteiger partial charge < -0.3 is 29.4 Å². The molecule has 0 saturated heterocycles. The second-order valence-corrected chi connectivity index (χ2v) is 8.57. The van der Waals surface area contributed by atoms with Crippen LogP contribution in [0.2, 0.25) is 0 Å². The zero-order valence-corrected chi connectivity index (χ0v) is 21.8. The Bertz CT molecular complexity index is 893. The summed E-state index contributed by atoms with van der Waals surface area (Å²) in [7, 11) is 4.57. The first-order valence-corrected chi connectivity index (χ1v) is 11.2. The Morgan fingerprint density at radius 1 is 1.06 bits per heavy atom. The summed E-state index contributed by atoms with van der Waals surface area (Å²) in [5.74, 6) is 2.00. The van der Waals surface area contributed by atoms with E-state index < -0.39 is 6.10 Å². The van der Waals surface area contributed by atoms with E-state index in [1.165, 1.54) is 21.3 Å². The topological polar surface area (TPSA) is 86.2 Å². The van der Waals surface area contributed by atoms with Crippen molar-refractivity contribution >= 4 is 18.2 Å². The summed E-state index contributed by atoms with van der Waals surface area (Å²) in [6, 6.07) is 10.9. The van der Waals surface area contributed by atoms with Crippen molar-refractivity contribution in [3.05, 3.63) is 47.5 Å². The van der Waals surface area contributed by atoms with Gasteiger partial charge in [0.15, 0.2) is 17.3 Å². The van der Waals surface area contributed by atoms with E-state index in [0.29, 0.717) is 47.9 Å². The molecule has 1 atom stereocenters. The lowest BCUT2D eigenvalue weighted by atomic mass is 10.0. The lowest BCUT2D eigenvalue weighted by Gasteiger charge is -2.26. The Morgan fingerprint density at radius 2 is 1.71 bits per heavy atom. The number of ether oxygens (including phenoxy) is 4. The van der Waals surface area contributed by atoms with Crippen LogP contribution in [0, 0.1) is 0 Å². The van der Waals surface area contributed by atoms with Crippen molar-refractivity contribution in [3.63, 3.8) is 0 Å². The maximum absolute atomic E-state index is 12.8. The molecule has 190 valence electrons. The Balaban J connectivity index is 0.00000578. The molecule has 0 fully saturated rings. The first-order valence-electron chi connectivity index (χ1n) is 11.2. The van der Waals surface area contributed by atoms with Crippen LogP contribution in [0.15, 0.2) is 36.4 Å². The number of hydrogen-bond donors (Lipinski definition) is 2. The van der Waals surface area contributed by atoms with Gasteiger partial charge in [-0.2, -0.15) is 0 Å². The number of carbonyl (C=O) groups is 1. The van der Waals surface area contributed by atoms with Gasteiger partial charge >= 0.3 is 0 Å². The van der Waals surface area contributed by atoms with E-state index in [2.05, 4.69) is 26.1 Å². The van der Waals surface area contributed by atoms with E-state index in [0.717, 1.165) is 12.0 Å². The van der Waals surface area contributed by atoms with E-state index in [1.54, 1.807) is 12.1 Å². The Labute approximate surface area is 209 Å². The largest absolute Gasteiger partial charge is 0.493 e. The fourth-order valence-corrected chi connectivity index (χ4v) is 3.21. The second-order valence-electron chi connectivity index (χ2n) is 8.57. The molecule has 0 aliphatic carbocycles. The van der Waals surface area contributed by atoms with Crippen LogP contribution >= 0.6 is 12.4 Å². The summed E-state index contributed by atoms with van der Waals surface area (Å²) >= 11 is 0. The third kappa shape index (κ3) is 8.70. The summed E-state index contributed by atoms with van der Waals surface area (Å²) in [6.45, 7) is 6.96. The molecule has 0 aliphatic heterocycles. The average molecular weight is 496 g/mol.